The van der Waals surface area contributed by atoms with Gasteiger partial charge in [-0.1, -0.05) is 33.6 Å². The molecule has 2 aromatic rings. The maximum absolute atomic E-state index is 13.4. The van der Waals surface area contributed by atoms with Gasteiger partial charge in [-0.2, -0.15) is 0 Å². The summed E-state index contributed by atoms with van der Waals surface area (Å²) in [5, 5.41) is 3.74. The van der Waals surface area contributed by atoms with E-state index in [0.717, 1.165) is 16.1 Å². The summed E-state index contributed by atoms with van der Waals surface area (Å²) in [6.07, 6.45) is 0. The van der Waals surface area contributed by atoms with E-state index >= 15 is 0 Å². The molecule has 100 valence electrons. The first-order valence-corrected chi connectivity index (χ1v) is 6.82. The Morgan fingerprint density at radius 2 is 1.74 bits per heavy atom. The Morgan fingerprint density at radius 1 is 1.00 bits per heavy atom. The van der Waals surface area contributed by atoms with Crippen molar-refractivity contribution in [2.24, 2.45) is 0 Å². The number of benzene rings is 2. The topological polar surface area (TPSA) is 12.0 Å². The van der Waals surface area contributed by atoms with Gasteiger partial charge in [-0.25, -0.2) is 8.78 Å². The molecule has 0 heterocycles. The van der Waals surface area contributed by atoms with Gasteiger partial charge in [0, 0.05) is 34.2 Å². The highest BCUT2D eigenvalue weighted by atomic mass is 79.9. The SMILES string of the molecule is Fc1ccc(CNCc2cc(Cl)ccc2Br)c(F)c1. The highest BCUT2D eigenvalue weighted by Gasteiger charge is 2.05. The molecule has 0 aliphatic heterocycles. The van der Waals surface area contributed by atoms with Crippen molar-refractivity contribution in [2.75, 3.05) is 0 Å². The van der Waals surface area contributed by atoms with Gasteiger partial charge in [0.25, 0.3) is 0 Å². The van der Waals surface area contributed by atoms with Gasteiger partial charge in [0.15, 0.2) is 0 Å². The third kappa shape index (κ3) is 4.00. The quantitative estimate of drug-likeness (QED) is 0.848. The van der Waals surface area contributed by atoms with Gasteiger partial charge in [-0.05, 0) is 29.8 Å². The molecule has 0 spiro atoms. The highest BCUT2D eigenvalue weighted by molar-refractivity contribution is 9.10. The van der Waals surface area contributed by atoms with E-state index < -0.39 is 11.6 Å². The Labute approximate surface area is 123 Å². The second-order valence-corrected chi connectivity index (χ2v) is 5.37. The van der Waals surface area contributed by atoms with Crippen LogP contribution in [0.1, 0.15) is 11.1 Å². The zero-order valence-corrected chi connectivity index (χ0v) is 12.2. The molecule has 0 fully saturated rings. The normalized spacial score (nSPS) is 10.7. The van der Waals surface area contributed by atoms with Crippen molar-refractivity contribution in [1.82, 2.24) is 5.32 Å². The zero-order chi connectivity index (χ0) is 13.8. The number of hydrogen-bond acceptors (Lipinski definition) is 1. The van der Waals surface area contributed by atoms with Gasteiger partial charge in [0.05, 0.1) is 0 Å². The standard InChI is InChI=1S/C14H11BrClF2N/c15-13-4-2-11(16)5-10(13)8-19-7-9-1-3-12(17)6-14(9)18/h1-6,19H,7-8H2. The van der Waals surface area contributed by atoms with Crippen LogP contribution in [0.15, 0.2) is 40.9 Å². The van der Waals surface area contributed by atoms with Gasteiger partial charge in [0.1, 0.15) is 11.6 Å². The van der Waals surface area contributed by atoms with E-state index in [0.29, 0.717) is 23.7 Å². The van der Waals surface area contributed by atoms with Crippen LogP contribution in [0.4, 0.5) is 8.78 Å². The summed E-state index contributed by atoms with van der Waals surface area (Å²) >= 11 is 9.32. The maximum Gasteiger partial charge on any atom is 0.130 e. The molecule has 0 radical (unpaired) electrons. The van der Waals surface area contributed by atoms with Gasteiger partial charge < -0.3 is 5.32 Å². The second kappa shape index (κ2) is 6.46. The minimum atomic E-state index is -0.571. The molecule has 19 heavy (non-hydrogen) atoms. The first-order valence-electron chi connectivity index (χ1n) is 5.65. The van der Waals surface area contributed by atoms with Crippen molar-refractivity contribution in [3.8, 4) is 0 Å². The van der Waals surface area contributed by atoms with Crippen LogP contribution in [-0.4, -0.2) is 0 Å². The molecule has 0 saturated carbocycles. The Bertz CT molecular complexity index is 590. The average Bonchev–Trinajstić information content (AvgIpc) is 2.36. The van der Waals surface area contributed by atoms with Crippen molar-refractivity contribution in [2.45, 2.75) is 13.1 Å². The van der Waals surface area contributed by atoms with Gasteiger partial charge in [0.2, 0.25) is 0 Å². The molecule has 0 unspecified atom stereocenters. The number of hydrogen-bond donors (Lipinski definition) is 1. The third-order valence-corrected chi connectivity index (χ3v) is 3.66. The molecule has 0 amide bonds. The van der Waals surface area contributed by atoms with Crippen LogP contribution >= 0.6 is 27.5 Å². The number of halogens is 4. The molecule has 0 aliphatic rings. The lowest BCUT2D eigenvalue weighted by Crippen LogP contribution is -2.14. The summed E-state index contributed by atoms with van der Waals surface area (Å²) in [5.74, 6) is -1.11. The Hall–Kier alpha value is -0.970. The minimum absolute atomic E-state index is 0.324. The highest BCUT2D eigenvalue weighted by Crippen LogP contribution is 2.21. The fourth-order valence-electron chi connectivity index (χ4n) is 1.68. The van der Waals surface area contributed by atoms with E-state index in [4.69, 9.17) is 11.6 Å². The molecule has 0 saturated heterocycles. The summed E-state index contributed by atoms with van der Waals surface area (Å²) < 4.78 is 27.1. The molecule has 5 heteroatoms. The van der Waals surface area contributed by atoms with Crippen molar-refractivity contribution < 1.29 is 8.78 Å². The van der Waals surface area contributed by atoms with E-state index in [1.807, 2.05) is 12.1 Å². The summed E-state index contributed by atoms with van der Waals surface area (Å²) in [6.45, 7) is 0.864. The Balaban J connectivity index is 1.98. The van der Waals surface area contributed by atoms with Crippen molar-refractivity contribution >= 4 is 27.5 Å². The smallest absolute Gasteiger partial charge is 0.130 e. The van der Waals surface area contributed by atoms with E-state index in [-0.39, 0.29) is 0 Å². The van der Waals surface area contributed by atoms with E-state index in [9.17, 15) is 8.78 Å². The maximum atomic E-state index is 13.4. The summed E-state index contributed by atoms with van der Waals surface area (Å²) in [5.41, 5.74) is 1.41. The van der Waals surface area contributed by atoms with Crippen LogP contribution in [-0.2, 0) is 13.1 Å². The third-order valence-electron chi connectivity index (χ3n) is 2.65. The van der Waals surface area contributed by atoms with E-state index in [1.165, 1.54) is 12.1 Å². The van der Waals surface area contributed by atoms with Gasteiger partial charge in [-0.15, -0.1) is 0 Å². The first-order chi connectivity index (χ1) is 9.06. The Kier molecular flexibility index (Phi) is 4.91. The minimum Gasteiger partial charge on any atom is -0.308 e. The summed E-state index contributed by atoms with van der Waals surface area (Å²) in [4.78, 5) is 0. The van der Waals surface area contributed by atoms with Crippen molar-refractivity contribution in [1.29, 1.82) is 0 Å². The largest absolute Gasteiger partial charge is 0.308 e. The van der Waals surface area contributed by atoms with Crippen LogP contribution < -0.4 is 5.32 Å². The van der Waals surface area contributed by atoms with E-state index in [2.05, 4.69) is 21.2 Å². The van der Waals surface area contributed by atoms with Gasteiger partial charge >= 0.3 is 0 Å². The summed E-state index contributed by atoms with van der Waals surface area (Å²) in [6, 6.07) is 9.04. The fraction of sp³-hybridized carbons (Fsp3) is 0.143. The average molecular weight is 347 g/mol. The Morgan fingerprint density at radius 3 is 2.47 bits per heavy atom. The molecule has 0 atom stereocenters. The lowest BCUT2D eigenvalue weighted by atomic mass is 10.2. The first kappa shape index (κ1) is 14.4. The lowest BCUT2D eigenvalue weighted by molar-refractivity contribution is 0.560. The lowest BCUT2D eigenvalue weighted by Gasteiger charge is -2.08. The second-order valence-electron chi connectivity index (χ2n) is 4.08. The molecular weight excluding hydrogens is 336 g/mol. The predicted octanol–water partition coefficient (Wildman–Crippen LogP) is 4.67. The molecular formula is C14H11BrClF2N. The molecule has 0 aromatic heterocycles. The molecule has 2 aromatic carbocycles. The number of nitrogens with one attached hydrogen (secondary N) is 1. The summed E-state index contributed by atoms with van der Waals surface area (Å²) in [7, 11) is 0. The monoisotopic (exact) mass is 345 g/mol. The molecule has 0 bridgehead atoms. The molecule has 1 N–H and O–H groups in total. The van der Waals surface area contributed by atoms with Crippen molar-refractivity contribution in [3.05, 3.63) is 68.7 Å². The fourth-order valence-corrected chi connectivity index (χ4v) is 2.26. The molecule has 0 aliphatic carbocycles. The van der Waals surface area contributed by atoms with Crippen LogP contribution in [0.25, 0.3) is 0 Å². The van der Waals surface area contributed by atoms with Crippen LogP contribution in [0.3, 0.4) is 0 Å². The van der Waals surface area contributed by atoms with Crippen LogP contribution in [0.5, 0.6) is 0 Å². The van der Waals surface area contributed by atoms with Crippen LogP contribution in [0.2, 0.25) is 5.02 Å². The molecule has 2 rings (SSSR count). The van der Waals surface area contributed by atoms with E-state index in [1.54, 1.807) is 6.07 Å². The number of rotatable bonds is 4. The van der Waals surface area contributed by atoms with Gasteiger partial charge in [-0.3, -0.25) is 0 Å². The van der Waals surface area contributed by atoms with Crippen LogP contribution in [0, 0.1) is 11.6 Å². The zero-order valence-electron chi connectivity index (χ0n) is 9.89. The predicted molar refractivity (Wildman–Crippen MR) is 76.1 cm³/mol. The van der Waals surface area contributed by atoms with Crippen molar-refractivity contribution in [3.63, 3.8) is 0 Å². The molecule has 1 nitrogen and oxygen atoms in total.